The number of rotatable bonds is 6. The van der Waals surface area contributed by atoms with Gasteiger partial charge in [-0.2, -0.15) is 0 Å². The number of amides is 3. The van der Waals surface area contributed by atoms with E-state index in [1.54, 1.807) is 4.90 Å². The van der Waals surface area contributed by atoms with Crippen LogP contribution in [0, 0.1) is 11.6 Å². The summed E-state index contributed by atoms with van der Waals surface area (Å²) < 4.78 is 38.5. The molecular weight excluding hydrogens is 486 g/mol. The maximum atomic E-state index is 14.1. The second-order valence-corrected chi connectivity index (χ2v) is 8.61. The fraction of sp³-hybridized carbons (Fsp3) is 0.192. The molecule has 0 bridgehead atoms. The van der Waals surface area contributed by atoms with Crippen LogP contribution in [-0.4, -0.2) is 53.7 Å². The molecule has 11 heteroatoms. The van der Waals surface area contributed by atoms with Gasteiger partial charge in [-0.1, -0.05) is 30.3 Å². The lowest BCUT2D eigenvalue weighted by Crippen LogP contribution is -2.48. The number of fused-ring (bicyclic) bond motifs is 1. The van der Waals surface area contributed by atoms with Crippen molar-refractivity contribution in [2.45, 2.75) is 6.54 Å². The van der Waals surface area contributed by atoms with Crippen LogP contribution in [-0.2, 0) is 6.54 Å². The standard InChI is InChI=1S/C26H22F2N4O5/c27-16-12-17-21(23(24(29)33)37-22(17)18(28)13-16)30-25(34)19-6-7-20(36-19)26(35)32-10-8-31(9-11-32)14-15-4-2-1-3-5-15/h1-7,12-13H,8-11,14H2,(H2,29,33)(H,30,34). The molecule has 37 heavy (non-hydrogen) atoms. The van der Waals surface area contributed by atoms with Crippen molar-refractivity contribution in [1.29, 1.82) is 0 Å². The van der Waals surface area contributed by atoms with Crippen LogP contribution in [0.1, 0.15) is 37.2 Å². The van der Waals surface area contributed by atoms with Crippen molar-refractivity contribution in [1.82, 2.24) is 9.80 Å². The summed E-state index contributed by atoms with van der Waals surface area (Å²) >= 11 is 0. The van der Waals surface area contributed by atoms with Gasteiger partial charge in [-0.05, 0) is 23.8 Å². The molecule has 1 aliphatic heterocycles. The number of carbonyl (C=O) groups excluding carboxylic acids is 3. The predicted octanol–water partition coefficient (Wildman–Crippen LogP) is 3.61. The Bertz CT molecular complexity index is 1490. The number of nitrogens with two attached hydrogens (primary N) is 1. The van der Waals surface area contributed by atoms with Crippen LogP contribution in [0.2, 0.25) is 0 Å². The van der Waals surface area contributed by atoms with Gasteiger partial charge in [0, 0.05) is 38.8 Å². The van der Waals surface area contributed by atoms with Gasteiger partial charge in [0.2, 0.25) is 5.76 Å². The van der Waals surface area contributed by atoms with E-state index in [-0.39, 0.29) is 28.5 Å². The number of furan rings is 2. The number of benzene rings is 2. The van der Waals surface area contributed by atoms with Crippen LogP contribution in [0.15, 0.2) is 63.4 Å². The van der Waals surface area contributed by atoms with Gasteiger partial charge in [0.1, 0.15) is 11.5 Å². The first-order valence-corrected chi connectivity index (χ1v) is 11.5. The molecule has 3 amide bonds. The highest BCUT2D eigenvalue weighted by Crippen LogP contribution is 2.33. The predicted molar refractivity (Wildman–Crippen MR) is 129 cm³/mol. The first kappa shape index (κ1) is 24.2. The van der Waals surface area contributed by atoms with Gasteiger partial charge in [0.25, 0.3) is 17.7 Å². The maximum Gasteiger partial charge on any atom is 0.291 e. The molecule has 0 spiro atoms. The third-order valence-corrected chi connectivity index (χ3v) is 6.12. The van der Waals surface area contributed by atoms with Crippen molar-refractivity contribution in [3.63, 3.8) is 0 Å². The van der Waals surface area contributed by atoms with Gasteiger partial charge < -0.3 is 24.8 Å². The minimum atomic E-state index is -1.09. The van der Waals surface area contributed by atoms with Crippen LogP contribution < -0.4 is 11.1 Å². The van der Waals surface area contributed by atoms with Gasteiger partial charge in [0.05, 0.1) is 5.39 Å². The zero-order valence-electron chi connectivity index (χ0n) is 19.5. The monoisotopic (exact) mass is 508 g/mol. The van der Waals surface area contributed by atoms with E-state index in [1.165, 1.54) is 17.7 Å². The van der Waals surface area contributed by atoms with Gasteiger partial charge in [-0.3, -0.25) is 19.3 Å². The first-order chi connectivity index (χ1) is 17.8. The van der Waals surface area contributed by atoms with E-state index in [2.05, 4.69) is 22.3 Å². The minimum Gasteiger partial charge on any atom is -0.446 e. The second kappa shape index (κ2) is 9.86. The van der Waals surface area contributed by atoms with E-state index < -0.39 is 34.8 Å². The van der Waals surface area contributed by atoms with Crippen LogP contribution in [0.5, 0.6) is 0 Å². The molecule has 3 heterocycles. The van der Waals surface area contributed by atoms with E-state index in [0.29, 0.717) is 32.2 Å². The van der Waals surface area contributed by atoms with Gasteiger partial charge in [-0.25, -0.2) is 8.78 Å². The molecule has 1 saturated heterocycles. The van der Waals surface area contributed by atoms with E-state index in [4.69, 9.17) is 14.6 Å². The number of hydrogen-bond donors (Lipinski definition) is 2. The Morgan fingerprint density at radius 1 is 0.919 bits per heavy atom. The molecule has 5 rings (SSSR count). The zero-order valence-corrected chi connectivity index (χ0v) is 19.5. The molecular formula is C26H22F2N4O5. The van der Waals surface area contributed by atoms with Crippen LogP contribution in [0.3, 0.4) is 0 Å². The molecule has 1 fully saturated rings. The maximum absolute atomic E-state index is 14.1. The fourth-order valence-corrected chi connectivity index (χ4v) is 4.28. The summed E-state index contributed by atoms with van der Waals surface area (Å²) in [7, 11) is 0. The van der Waals surface area contributed by atoms with E-state index in [0.717, 1.165) is 12.6 Å². The quantitative estimate of drug-likeness (QED) is 0.410. The third-order valence-electron chi connectivity index (χ3n) is 6.12. The molecule has 2 aromatic heterocycles. The third kappa shape index (κ3) is 4.94. The number of carbonyl (C=O) groups is 3. The number of hydrogen-bond acceptors (Lipinski definition) is 6. The lowest BCUT2D eigenvalue weighted by atomic mass is 10.2. The van der Waals surface area contributed by atoms with Crippen molar-refractivity contribution in [2.75, 3.05) is 31.5 Å². The van der Waals surface area contributed by atoms with Crippen LogP contribution in [0.25, 0.3) is 11.0 Å². The number of nitrogens with zero attached hydrogens (tertiary/aromatic N) is 2. The van der Waals surface area contributed by atoms with Crippen molar-refractivity contribution < 1.29 is 32.0 Å². The highest BCUT2D eigenvalue weighted by molar-refractivity contribution is 6.13. The topological polar surface area (TPSA) is 122 Å². The molecule has 190 valence electrons. The van der Waals surface area contributed by atoms with E-state index in [9.17, 15) is 23.2 Å². The minimum absolute atomic E-state index is 0.0362. The Kier molecular flexibility index (Phi) is 6.45. The Labute approximate surface area is 209 Å². The second-order valence-electron chi connectivity index (χ2n) is 8.61. The smallest absolute Gasteiger partial charge is 0.291 e. The fourth-order valence-electron chi connectivity index (χ4n) is 4.28. The summed E-state index contributed by atoms with van der Waals surface area (Å²) in [5.74, 6) is -5.15. The van der Waals surface area contributed by atoms with Crippen molar-refractivity contribution in [2.24, 2.45) is 5.73 Å². The highest BCUT2D eigenvalue weighted by Gasteiger charge is 2.27. The number of piperazine rings is 1. The lowest BCUT2D eigenvalue weighted by molar-refractivity contribution is 0.0596. The van der Waals surface area contributed by atoms with Gasteiger partial charge >= 0.3 is 0 Å². The normalized spacial score (nSPS) is 14.2. The van der Waals surface area contributed by atoms with Crippen LogP contribution in [0.4, 0.5) is 14.5 Å². The van der Waals surface area contributed by atoms with E-state index >= 15 is 0 Å². The molecule has 1 aliphatic rings. The molecule has 0 radical (unpaired) electrons. The average molecular weight is 508 g/mol. The lowest BCUT2D eigenvalue weighted by Gasteiger charge is -2.34. The van der Waals surface area contributed by atoms with Gasteiger partial charge in [-0.15, -0.1) is 0 Å². The van der Waals surface area contributed by atoms with Crippen LogP contribution >= 0.6 is 0 Å². The van der Waals surface area contributed by atoms with Crippen molar-refractivity contribution in [3.8, 4) is 0 Å². The molecule has 0 unspecified atom stereocenters. The summed E-state index contributed by atoms with van der Waals surface area (Å²) in [5.41, 5.74) is 5.74. The molecule has 2 aromatic carbocycles. The zero-order chi connectivity index (χ0) is 26.1. The Balaban J connectivity index is 1.27. The first-order valence-electron chi connectivity index (χ1n) is 11.5. The van der Waals surface area contributed by atoms with Crippen molar-refractivity contribution in [3.05, 3.63) is 89.1 Å². The SMILES string of the molecule is NC(=O)c1oc2c(F)cc(F)cc2c1NC(=O)c1ccc(C(=O)N2CCN(Cc3ccccc3)CC2)o1. The number of nitrogens with one attached hydrogen (secondary N) is 1. The molecule has 0 atom stereocenters. The largest absolute Gasteiger partial charge is 0.446 e. The Morgan fingerprint density at radius 3 is 2.32 bits per heavy atom. The molecule has 3 N–H and O–H groups in total. The molecule has 0 saturated carbocycles. The molecule has 0 aliphatic carbocycles. The summed E-state index contributed by atoms with van der Waals surface area (Å²) in [6.45, 7) is 3.15. The Hall–Kier alpha value is -4.51. The number of halogens is 2. The average Bonchev–Trinajstić information content (AvgIpc) is 3.51. The summed E-state index contributed by atoms with van der Waals surface area (Å²) in [6, 6.07) is 14.2. The van der Waals surface area contributed by atoms with Gasteiger partial charge in [0.15, 0.2) is 22.9 Å². The molecule has 4 aromatic rings. The molecule has 9 nitrogen and oxygen atoms in total. The Morgan fingerprint density at radius 2 is 1.62 bits per heavy atom. The highest BCUT2D eigenvalue weighted by atomic mass is 19.1. The summed E-state index contributed by atoms with van der Waals surface area (Å²) in [6.07, 6.45) is 0. The number of primary amides is 1. The van der Waals surface area contributed by atoms with Crippen molar-refractivity contribution >= 4 is 34.4 Å². The summed E-state index contributed by atoms with van der Waals surface area (Å²) in [4.78, 5) is 41.4. The van der Waals surface area contributed by atoms with E-state index in [1.807, 2.05) is 18.2 Å². The summed E-state index contributed by atoms with van der Waals surface area (Å²) in [5, 5.41) is 2.17. The number of anilines is 1.